The van der Waals surface area contributed by atoms with Crippen molar-refractivity contribution in [1.29, 1.82) is 0 Å². The Balaban J connectivity index is 0.000000251. The maximum atomic E-state index is 11.7. The summed E-state index contributed by atoms with van der Waals surface area (Å²) in [6.07, 6.45) is -1.81. The quantitative estimate of drug-likeness (QED) is 0.101. The van der Waals surface area contributed by atoms with Crippen molar-refractivity contribution in [3.05, 3.63) is 45.4 Å². The number of aromatic nitrogens is 4. The zero-order chi connectivity index (χ0) is 33.1. The SMILES string of the molecule is CCOC(=O)CC1OB(O)c2cc(Oc3nnc(N)s3)cc(Cl)c21.Nc1nnc(Oc2cc(Cl)c3c(c2)B(O)OC3CC(=O)O)s1.[Li+].[OH-]. The van der Waals surface area contributed by atoms with Crippen LogP contribution < -0.4 is 50.7 Å². The number of nitrogen functional groups attached to an aromatic ring is 2. The number of hydrogen-bond acceptors (Lipinski definition) is 18. The first-order valence-electron chi connectivity index (χ1n) is 13.2. The average Bonchev–Trinajstić information content (AvgIpc) is 3.72. The summed E-state index contributed by atoms with van der Waals surface area (Å²) >= 11 is 14.6. The second kappa shape index (κ2) is 17.0. The molecule has 0 aliphatic carbocycles. The largest absolute Gasteiger partial charge is 1.00 e. The van der Waals surface area contributed by atoms with Gasteiger partial charge in [-0.15, -0.1) is 10.2 Å². The number of rotatable bonds is 9. The van der Waals surface area contributed by atoms with Crippen LogP contribution in [0.15, 0.2) is 24.3 Å². The van der Waals surface area contributed by atoms with Crippen molar-refractivity contribution in [2.24, 2.45) is 0 Å². The van der Waals surface area contributed by atoms with E-state index < -0.39 is 38.4 Å². The molecule has 0 amide bonds. The number of esters is 1. The van der Waals surface area contributed by atoms with E-state index in [4.69, 9.17) is 63.3 Å². The number of ether oxygens (including phenoxy) is 3. The van der Waals surface area contributed by atoms with E-state index in [1.54, 1.807) is 19.1 Å². The van der Waals surface area contributed by atoms with Crippen molar-refractivity contribution >= 4 is 93.2 Å². The minimum atomic E-state index is -1.26. The molecule has 2 atom stereocenters. The van der Waals surface area contributed by atoms with Crippen LogP contribution in [0.1, 0.15) is 43.1 Å². The zero-order valence-corrected chi connectivity index (χ0v) is 28.0. The number of carboxylic acids is 1. The molecule has 4 heterocycles. The van der Waals surface area contributed by atoms with Gasteiger partial charge in [-0.3, -0.25) is 9.59 Å². The van der Waals surface area contributed by atoms with E-state index in [0.717, 1.165) is 22.7 Å². The summed E-state index contributed by atoms with van der Waals surface area (Å²) in [6.45, 7) is 1.99. The molecular formula is C24H23B2Cl2LiN6O11S2. The van der Waals surface area contributed by atoms with Gasteiger partial charge in [0.15, 0.2) is 0 Å². The van der Waals surface area contributed by atoms with E-state index in [-0.39, 0.29) is 69.5 Å². The van der Waals surface area contributed by atoms with Crippen LogP contribution in [0.25, 0.3) is 0 Å². The van der Waals surface area contributed by atoms with Crippen LogP contribution in [-0.4, -0.2) is 73.8 Å². The third-order valence-electron chi connectivity index (χ3n) is 6.30. The van der Waals surface area contributed by atoms with Crippen LogP contribution in [0.4, 0.5) is 10.3 Å². The van der Waals surface area contributed by atoms with Gasteiger partial charge < -0.3 is 55.6 Å². The van der Waals surface area contributed by atoms with Crippen LogP contribution in [-0.2, 0) is 23.6 Å². The third kappa shape index (κ3) is 9.28. The molecule has 24 heteroatoms. The van der Waals surface area contributed by atoms with Crippen molar-refractivity contribution in [1.82, 2.24) is 20.4 Å². The number of fused-ring (bicyclic) bond motifs is 2. The van der Waals surface area contributed by atoms with Crippen LogP contribution in [0, 0.1) is 0 Å². The molecule has 0 saturated carbocycles. The molecule has 0 spiro atoms. The fourth-order valence-electron chi connectivity index (χ4n) is 4.58. The second-order valence-electron chi connectivity index (χ2n) is 9.39. The summed E-state index contributed by atoms with van der Waals surface area (Å²) in [4.78, 5) is 22.5. The van der Waals surface area contributed by atoms with Crippen LogP contribution in [0.2, 0.25) is 10.0 Å². The summed E-state index contributed by atoms with van der Waals surface area (Å²) < 4.78 is 26.5. The first-order valence-corrected chi connectivity index (χ1v) is 15.6. The molecule has 2 aromatic heterocycles. The van der Waals surface area contributed by atoms with Gasteiger partial charge in [0.1, 0.15) is 11.5 Å². The summed E-state index contributed by atoms with van der Waals surface area (Å²) in [5.41, 5.74) is 12.8. The monoisotopic (exact) mass is 734 g/mol. The summed E-state index contributed by atoms with van der Waals surface area (Å²) in [7, 11) is -2.47. The number of hydrogen-bond donors (Lipinski definition) is 5. The molecule has 48 heavy (non-hydrogen) atoms. The van der Waals surface area contributed by atoms with E-state index in [1.807, 2.05) is 0 Å². The molecule has 17 nitrogen and oxygen atoms in total. The topological polar surface area (TPSA) is 275 Å². The van der Waals surface area contributed by atoms with E-state index in [2.05, 4.69) is 20.4 Å². The minimum absolute atomic E-state index is 0. The van der Waals surface area contributed by atoms with Gasteiger partial charge in [0.25, 0.3) is 0 Å². The second-order valence-corrected chi connectivity index (χ2v) is 12.2. The predicted octanol–water partition coefficient (Wildman–Crippen LogP) is -1.10. The van der Waals surface area contributed by atoms with Gasteiger partial charge in [0, 0.05) is 10.0 Å². The van der Waals surface area contributed by atoms with Crippen molar-refractivity contribution in [3.63, 3.8) is 0 Å². The van der Waals surface area contributed by atoms with Gasteiger partial charge >= 0.3 is 55.4 Å². The Morgan fingerprint density at radius 1 is 0.854 bits per heavy atom. The number of carboxylic acid groups (broad SMARTS) is 1. The Hall–Kier alpha value is -3.19. The Labute approximate surface area is 302 Å². The van der Waals surface area contributed by atoms with Crippen LogP contribution >= 0.6 is 45.9 Å². The summed E-state index contributed by atoms with van der Waals surface area (Å²) in [5, 5.41) is 45.2. The average molecular weight is 735 g/mol. The van der Waals surface area contributed by atoms with Gasteiger partial charge in [0.2, 0.25) is 10.3 Å². The Morgan fingerprint density at radius 2 is 1.29 bits per heavy atom. The van der Waals surface area contributed by atoms with E-state index >= 15 is 0 Å². The number of halogens is 2. The zero-order valence-electron chi connectivity index (χ0n) is 24.9. The van der Waals surface area contributed by atoms with E-state index in [9.17, 15) is 19.6 Å². The normalized spacial score (nSPS) is 15.7. The molecule has 0 bridgehead atoms. The molecular weight excluding hydrogens is 712 g/mol. The minimum Gasteiger partial charge on any atom is -0.870 e. The number of benzene rings is 2. The van der Waals surface area contributed by atoms with Crippen molar-refractivity contribution < 1.29 is 72.6 Å². The molecule has 4 aromatic rings. The molecule has 2 aliphatic rings. The molecule has 0 fully saturated rings. The number of carbonyl (C=O) groups excluding carboxylic acids is 1. The van der Waals surface area contributed by atoms with Crippen molar-refractivity contribution in [3.8, 4) is 21.9 Å². The number of carbonyl (C=O) groups is 2. The summed E-state index contributed by atoms with van der Waals surface area (Å²) in [6, 6.07) is 6.14. The number of anilines is 2. The Morgan fingerprint density at radius 3 is 1.67 bits per heavy atom. The smallest absolute Gasteiger partial charge is 0.870 e. The number of nitrogens with two attached hydrogens (primary N) is 2. The van der Waals surface area contributed by atoms with Gasteiger partial charge in [-0.25, -0.2) is 0 Å². The number of aliphatic carboxylic acids is 1. The molecule has 2 aromatic carbocycles. The fourth-order valence-corrected chi connectivity index (χ4v) is 6.22. The van der Waals surface area contributed by atoms with Crippen molar-refractivity contribution in [2.75, 3.05) is 18.1 Å². The molecule has 0 saturated heterocycles. The molecule has 8 N–H and O–H groups in total. The number of nitrogens with zero attached hydrogens (tertiary/aromatic N) is 4. The third-order valence-corrected chi connectivity index (χ3v) is 8.19. The van der Waals surface area contributed by atoms with E-state index in [1.165, 1.54) is 12.1 Å². The van der Waals surface area contributed by atoms with Gasteiger partial charge in [-0.05, 0) is 75.9 Å². The van der Waals surface area contributed by atoms with Crippen LogP contribution in [0.3, 0.4) is 0 Å². The molecule has 2 unspecified atom stereocenters. The first-order chi connectivity index (χ1) is 21.9. The van der Waals surface area contributed by atoms with Gasteiger partial charge in [-0.1, -0.05) is 33.4 Å². The van der Waals surface area contributed by atoms with Crippen molar-refractivity contribution in [2.45, 2.75) is 32.0 Å². The molecule has 6 rings (SSSR count). The predicted molar refractivity (Wildman–Crippen MR) is 170 cm³/mol. The Bertz CT molecular complexity index is 1780. The first kappa shape index (κ1) is 39.2. The maximum Gasteiger partial charge on any atom is 1.00 e. The fraction of sp³-hybridized carbons (Fsp3) is 0.250. The standard InChI is InChI=1S/C13H13BClN3O5S.C11H9BClN3O5S.Li.H2O/c1-2-21-10(19)5-9-11-7(14(20)23-9)3-6(4-8(11)15)22-13-18-17-12(16)24-13;13-6-2-4(20-11-16-15-10(14)22-11)1-5-9(6)7(3-8(17)18)21-12(5)19;;/h3-4,9,20H,2,5H2,1H3,(H2,16,17);1-2,7,19H,3H2,(H2,14,15)(H,17,18);;1H2/q;;+1;/p-1. The maximum absolute atomic E-state index is 11.7. The van der Waals surface area contributed by atoms with Gasteiger partial charge in [0.05, 0.1) is 31.7 Å². The molecule has 2 aliphatic heterocycles. The summed E-state index contributed by atoms with van der Waals surface area (Å²) in [5.74, 6) is -0.804. The Kier molecular flexibility index (Phi) is 13.9. The van der Waals surface area contributed by atoms with Gasteiger partial charge in [-0.2, -0.15) is 0 Å². The van der Waals surface area contributed by atoms with Crippen LogP contribution in [0.5, 0.6) is 21.9 Å². The molecule has 0 radical (unpaired) electrons. The van der Waals surface area contributed by atoms with E-state index in [0.29, 0.717) is 38.6 Å². The molecule has 248 valence electrons.